The average Bonchev–Trinajstić information content (AvgIpc) is 2.21. The molecule has 2 amide bonds. The SMILES string of the molecule is CCCC(C#N)C(=O)NC(C(N)=O)C(C)C. The van der Waals surface area contributed by atoms with E-state index in [1.54, 1.807) is 13.8 Å². The number of nitrogens with two attached hydrogens (primary N) is 1. The summed E-state index contributed by atoms with van der Waals surface area (Å²) in [5, 5.41) is 11.3. The summed E-state index contributed by atoms with van der Waals surface area (Å²) in [5.41, 5.74) is 5.16. The highest BCUT2D eigenvalue weighted by atomic mass is 16.2. The number of hydrogen-bond acceptors (Lipinski definition) is 3. The van der Waals surface area contributed by atoms with Crippen molar-refractivity contribution in [3.63, 3.8) is 0 Å². The molecule has 2 atom stereocenters. The van der Waals surface area contributed by atoms with Crippen molar-refractivity contribution in [2.75, 3.05) is 0 Å². The Labute approximate surface area is 96.0 Å². The first-order valence-corrected chi connectivity index (χ1v) is 5.43. The summed E-state index contributed by atoms with van der Waals surface area (Å²) in [6.45, 7) is 5.47. The van der Waals surface area contributed by atoms with Crippen molar-refractivity contribution < 1.29 is 9.59 Å². The molecule has 0 radical (unpaired) electrons. The smallest absolute Gasteiger partial charge is 0.240 e. The summed E-state index contributed by atoms with van der Waals surface area (Å²) in [5.74, 6) is -1.77. The van der Waals surface area contributed by atoms with Gasteiger partial charge in [0.15, 0.2) is 0 Å². The molecule has 0 bridgehead atoms. The van der Waals surface area contributed by atoms with Crippen LogP contribution in [0.5, 0.6) is 0 Å². The lowest BCUT2D eigenvalue weighted by Gasteiger charge is -2.20. The maximum atomic E-state index is 11.6. The van der Waals surface area contributed by atoms with E-state index in [1.807, 2.05) is 13.0 Å². The lowest BCUT2D eigenvalue weighted by atomic mass is 10.0. The topological polar surface area (TPSA) is 96.0 Å². The van der Waals surface area contributed by atoms with Crippen LogP contribution in [0.15, 0.2) is 0 Å². The fourth-order valence-electron chi connectivity index (χ4n) is 1.36. The summed E-state index contributed by atoms with van der Waals surface area (Å²) < 4.78 is 0. The second-order valence-electron chi connectivity index (χ2n) is 4.10. The molecule has 16 heavy (non-hydrogen) atoms. The molecule has 0 aromatic rings. The Balaban J connectivity index is 4.51. The zero-order chi connectivity index (χ0) is 12.7. The Hall–Kier alpha value is -1.57. The average molecular weight is 225 g/mol. The molecular formula is C11H19N3O2. The van der Waals surface area contributed by atoms with Gasteiger partial charge in [-0.2, -0.15) is 5.26 Å². The minimum Gasteiger partial charge on any atom is -0.368 e. The molecule has 0 aromatic carbocycles. The van der Waals surface area contributed by atoms with Crippen LogP contribution in [0, 0.1) is 23.2 Å². The van der Waals surface area contributed by atoms with E-state index in [4.69, 9.17) is 11.0 Å². The summed E-state index contributed by atoms with van der Waals surface area (Å²) in [7, 11) is 0. The van der Waals surface area contributed by atoms with Gasteiger partial charge in [-0.25, -0.2) is 0 Å². The monoisotopic (exact) mass is 225 g/mol. The van der Waals surface area contributed by atoms with Gasteiger partial charge in [-0.1, -0.05) is 27.2 Å². The Bertz CT molecular complexity index is 294. The number of carbonyl (C=O) groups excluding carboxylic acids is 2. The van der Waals surface area contributed by atoms with E-state index < -0.39 is 23.8 Å². The molecular weight excluding hydrogens is 206 g/mol. The van der Waals surface area contributed by atoms with Crippen molar-refractivity contribution in [3.8, 4) is 6.07 Å². The highest BCUT2D eigenvalue weighted by molar-refractivity contribution is 5.88. The van der Waals surface area contributed by atoms with E-state index in [0.717, 1.165) is 6.42 Å². The zero-order valence-corrected chi connectivity index (χ0v) is 9.99. The molecule has 0 aliphatic rings. The number of primary amides is 1. The van der Waals surface area contributed by atoms with Crippen molar-refractivity contribution in [1.82, 2.24) is 5.32 Å². The number of nitrogens with zero attached hydrogens (tertiary/aromatic N) is 1. The van der Waals surface area contributed by atoms with Crippen molar-refractivity contribution in [2.24, 2.45) is 17.6 Å². The molecule has 0 fully saturated rings. The Kier molecular flexibility index (Phi) is 6.16. The highest BCUT2D eigenvalue weighted by Gasteiger charge is 2.25. The van der Waals surface area contributed by atoms with Gasteiger partial charge in [0.05, 0.1) is 6.07 Å². The van der Waals surface area contributed by atoms with Gasteiger partial charge in [-0.3, -0.25) is 9.59 Å². The summed E-state index contributed by atoms with van der Waals surface area (Å²) >= 11 is 0. The third-order valence-corrected chi connectivity index (χ3v) is 2.32. The molecule has 0 saturated carbocycles. The van der Waals surface area contributed by atoms with E-state index in [-0.39, 0.29) is 5.92 Å². The van der Waals surface area contributed by atoms with Crippen molar-refractivity contribution >= 4 is 11.8 Å². The van der Waals surface area contributed by atoms with Crippen LogP contribution in [-0.2, 0) is 9.59 Å². The van der Waals surface area contributed by atoms with Crippen LogP contribution in [0.1, 0.15) is 33.6 Å². The number of nitriles is 1. The van der Waals surface area contributed by atoms with Crippen LogP contribution in [0.3, 0.4) is 0 Å². The van der Waals surface area contributed by atoms with E-state index in [1.165, 1.54) is 0 Å². The lowest BCUT2D eigenvalue weighted by Crippen LogP contribution is -2.49. The molecule has 0 aliphatic heterocycles. The van der Waals surface area contributed by atoms with Gasteiger partial charge in [0.25, 0.3) is 0 Å². The highest BCUT2D eigenvalue weighted by Crippen LogP contribution is 2.07. The standard InChI is InChI=1S/C11H19N3O2/c1-4-5-8(6-12)11(16)14-9(7(2)3)10(13)15/h7-9H,4-5H2,1-3H3,(H2,13,15)(H,14,16). The van der Waals surface area contributed by atoms with Gasteiger partial charge in [0.2, 0.25) is 11.8 Å². The van der Waals surface area contributed by atoms with Gasteiger partial charge < -0.3 is 11.1 Å². The normalized spacial score (nSPS) is 13.9. The fourth-order valence-corrected chi connectivity index (χ4v) is 1.36. The molecule has 2 unspecified atom stereocenters. The van der Waals surface area contributed by atoms with Gasteiger partial charge in [-0.05, 0) is 12.3 Å². The Morgan fingerprint density at radius 3 is 2.31 bits per heavy atom. The van der Waals surface area contributed by atoms with Gasteiger partial charge in [0.1, 0.15) is 12.0 Å². The van der Waals surface area contributed by atoms with Gasteiger partial charge in [0, 0.05) is 0 Å². The van der Waals surface area contributed by atoms with Crippen molar-refractivity contribution in [1.29, 1.82) is 5.26 Å². The second-order valence-corrected chi connectivity index (χ2v) is 4.10. The molecule has 0 rings (SSSR count). The molecule has 0 saturated heterocycles. The summed E-state index contributed by atoms with van der Waals surface area (Å²) in [6.07, 6.45) is 1.24. The van der Waals surface area contributed by atoms with Crippen LogP contribution in [0.4, 0.5) is 0 Å². The van der Waals surface area contributed by atoms with Crippen molar-refractivity contribution in [3.05, 3.63) is 0 Å². The van der Waals surface area contributed by atoms with Crippen LogP contribution in [0.25, 0.3) is 0 Å². The number of rotatable bonds is 6. The van der Waals surface area contributed by atoms with E-state index in [2.05, 4.69) is 5.32 Å². The number of amides is 2. The maximum absolute atomic E-state index is 11.6. The molecule has 0 heterocycles. The molecule has 90 valence electrons. The number of hydrogen-bond donors (Lipinski definition) is 2. The zero-order valence-electron chi connectivity index (χ0n) is 9.99. The van der Waals surface area contributed by atoms with Crippen molar-refractivity contribution in [2.45, 2.75) is 39.7 Å². The molecule has 0 aliphatic carbocycles. The minimum absolute atomic E-state index is 0.0811. The van der Waals surface area contributed by atoms with Crippen LogP contribution in [0.2, 0.25) is 0 Å². The first kappa shape index (κ1) is 14.4. The molecule has 0 spiro atoms. The van der Waals surface area contributed by atoms with Gasteiger partial charge in [-0.15, -0.1) is 0 Å². The lowest BCUT2D eigenvalue weighted by molar-refractivity contribution is -0.129. The maximum Gasteiger partial charge on any atom is 0.240 e. The van der Waals surface area contributed by atoms with E-state index >= 15 is 0 Å². The number of carbonyl (C=O) groups is 2. The Morgan fingerprint density at radius 2 is 2.00 bits per heavy atom. The van der Waals surface area contributed by atoms with E-state index in [0.29, 0.717) is 6.42 Å². The third kappa shape index (κ3) is 4.30. The predicted molar refractivity (Wildman–Crippen MR) is 60.0 cm³/mol. The van der Waals surface area contributed by atoms with E-state index in [9.17, 15) is 9.59 Å². The van der Waals surface area contributed by atoms with Crippen LogP contribution in [-0.4, -0.2) is 17.9 Å². The molecule has 5 heteroatoms. The third-order valence-electron chi connectivity index (χ3n) is 2.32. The molecule has 0 aromatic heterocycles. The van der Waals surface area contributed by atoms with Gasteiger partial charge >= 0.3 is 0 Å². The molecule has 5 nitrogen and oxygen atoms in total. The second kappa shape index (κ2) is 6.83. The predicted octanol–water partition coefficient (Wildman–Crippen LogP) is 0.552. The first-order valence-electron chi connectivity index (χ1n) is 5.43. The van der Waals surface area contributed by atoms with Crippen LogP contribution >= 0.6 is 0 Å². The first-order chi connectivity index (χ1) is 7.43. The van der Waals surface area contributed by atoms with Crippen LogP contribution < -0.4 is 11.1 Å². The number of nitrogens with one attached hydrogen (secondary N) is 1. The quantitative estimate of drug-likeness (QED) is 0.691. The minimum atomic E-state index is -0.708. The summed E-state index contributed by atoms with van der Waals surface area (Å²) in [4.78, 5) is 22.7. The fraction of sp³-hybridized carbons (Fsp3) is 0.727. The largest absolute Gasteiger partial charge is 0.368 e. The Morgan fingerprint density at radius 1 is 1.44 bits per heavy atom. The molecule has 3 N–H and O–H groups in total. The summed E-state index contributed by atoms with van der Waals surface area (Å²) in [6, 6.07) is 1.21.